The zero-order chi connectivity index (χ0) is 16.8. The highest BCUT2D eigenvalue weighted by Crippen LogP contribution is 2.51. The van der Waals surface area contributed by atoms with Crippen LogP contribution in [-0.2, 0) is 4.87 Å². The first kappa shape index (κ1) is 17.3. The average Bonchev–Trinajstić information content (AvgIpc) is 3.02. The molecule has 2 aromatic carbocycles. The van der Waals surface area contributed by atoms with Gasteiger partial charge in [0.15, 0.2) is 0 Å². The molecule has 126 valence electrons. The van der Waals surface area contributed by atoms with E-state index in [0.717, 1.165) is 6.42 Å². The largest absolute Gasteiger partial charge is 0.266 e. The summed E-state index contributed by atoms with van der Waals surface area (Å²) in [6.45, 7) is 4.54. The standard InChI is InChI=1S/C22H27NS/c1-3-5-17-22(19-15-10-7-11-16-19)23-21(20(24-22)12-4-2)18-13-8-6-9-14-18/h6-11,13-16,20H,3-5,12,17H2,1-2H3/t20?,22-/m0/s1. The van der Waals surface area contributed by atoms with E-state index in [0.29, 0.717) is 5.25 Å². The lowest BCUT2D eigenvalue weighted by atomic mass is 9.99. The molecule has 2 atom stereocenters. The molecule has 0 amide bonds. The van der Waals surface area contributed by atoms with E-state index in [1.807, 2.05) is 0 Å². The molecule has 0 radical (unpaired) electrons. The first-order chi connectivity index (χ1) is 11.8. The summed E-state index contributed by atoms with van der Waals surface area (Å²) in [6.07, 6.45) is 5.94. The van der Waals surface area contributed by atoms with Crippen molar-refractivity contribution in [3.8, 4) is 0 Å². The van der Waals surface area contributed by atoms with Gasteiger partial charge in [-0.3, -0.25) is 4.99 Å². The lowest BCUT2D eigenvalue weighted by molar-refractivity contribution is 0.563. The number of thioether (sulfide) groups is 1. The summed E-state index contributed by atoms with van der Waals surface area (Å²) in [5.74, 6) is 0. The molecule has 1 heterocycles. The number of rotatable bonds is 7. The van der Waals surface area contributed by atoms with E-state index in [1.165, 1.54) is 42.5 Å². The maximum atomic E-state index is 5.38. The van der Waals surface area contributed by atoms with Crippen molar-refractivity contribution in [1.82, 2.24) is 0 Å². The second-order valence-corrected chi connectivity index (χ2v) is 7.99. The Hall–Kier alpha value is -1.54. The van der Waals surface area contributed by atoms with Gasteiger partial charge in [0, 0.05) is 5.25 Å². The Kier molecular flexibility index (Phi) is 5.78. The van der Waals surface area contributed by atoms with Gasteiger partial charge in [0.2, 0.25) is 0 Å². The van der Waals surface area contributed by atoms with E-state index >= 15 is 0 Å². The van der Waals surface area contributed by atoms with Crippen molar-refractivity contribution in [3.63, 3.8) is 0 Å². The number of aliphatic imine (C=N–C) groups is 1. The minimum Gasteiger partial charge on any atom is -0.266 e. The van der Waals surface area contributed by atoms with Crippen LogP contribution >= 0.6 is 11.8 Å². The summed E-state index contributed by atoms with van der Waals surface area (Å²) in [5.41, 5.74) is 3.94. The van der Waals surface area contributed by atoms with Crippen molar-refractivity contribution in [2.75, 3.05) is 0 Å². The van der Waals surface area contributed by atoms with E-state index in [4.69, 9.17) is 4.99 Å². The SMILES string of the molecule is CCCC[C@]1(c2ccccc2)N=C(c2ccccc2)C(CCC)S1. The molecule has 0 saturated heterocycles. The molecular weight excluding hydrogens is 310 g/mol. The summed E-state index contributed by atoms with van der Waals surface area (Å²) in [6, 6.07) is 21.7. The lowest BCUT2D eigenvalue weighted by Gasteiger charge is -2.27. The van der Waals surface area contributed by atoms with Crippen molar-refractivity contribution in [2.45, 2.75) is 56.1 Å². The third kappa shape index (κ3) is 3.59. The van der Waals surface area contributed by atoms with Crippen LogP contribution in [0.15, 0.2) is 65.7 Å². The molecule has 0 bridgehead atoms. The van der Waals surface area contributed by atoms with Gasteiger partial charge in [0.25, 0.3) is 0 Å². The summed E-state index contributed by atoms with van der Waals surface area (Å²) in [4.78, 5) is 5.27. The van der Waals surface area contributed by atoms with E-state index < -0.39 is 0 Å². The van der Waals surface area contributed by atoms with Crippen LogP contribution in [-0.4, -0.2) is 11.0 Å². The molecule has 0 saturated carbocycles. The zero-order valence-corrected chi connectivity index (χ0v) is 15.6. The molecule has 1 aliphatic rings. The number of hydrogen-bond donors (Lipinski definition) is 0. The van der Waals surface area contributed by atoms with Gasteiger partial charge in [-0.2, -0.15) is 0 Å². The van der Waals surface area contributed by atoms with Crippen molar-refractivity contribution >= 4 is 17.5 Å². The van der Waals surface area contributed by atoms with Gasteiger partial charge in [-0.15, -0.1) is 11.8 Å². The fraction of sp³-hybridized carbons (Fsp3) is 0.409. The van der Waals surface area contributed by atoms with Crippen LogP contribution in [0.2, 0.25) is 0 Å². The van der Waals surface area contributed by atoms with Crippen molar-refractivity contribution in [3.05, 3.63) is 71.8 Å². The minimum atomic E-state index is -0.109. The summed E-state index contributed by atoms with van der Waals surface area (Å²) in [7, 11) is 0. The van der Waals surface area contributed by atoms with Crippen molar-refractivity contribution < 1.29 is 0 Å². The molecule has 0 spiro atoms. The number of nitrogens with zero attached hydrogens (tertiary/aromatic N) is 1. The highest BCUT2D eigenvalue weighted by atomic mass is 32.2. The molecule has 0 fully saturated rings. The molecule has 3 rings (SSSR count). The number of unbranched alkanes of at least 4 members (excludes halogenated alkanes) is 1. The third-order valence-electron chi connectivity index (χ3n) is 4.66. The van der Waals surface area contributed by atoms with Crippen LogP contribution in [0, 0.1) is 0 Å². The number of hydrogen-bond acceptors (Lipinski definition) is 2. The quantitative estimate of drug-likeness (QED) is 0.566. The van der Waals surface area contributed by atoms with Crippen LogP contribution in [0.1, 0.15) is 57.1 Å². The van der Waals surface area contributed by atoms with Crippen LogP contribution < -0.4 is 0 Å². The van der Waals surface area contributed by atoms with Crippen LogP contribution in [0.25, 0.3) is 0 Å². The maximum absolute atomic E-state index is 5.38. The lowest BCUT2D eigenvalue weighted by Crippen LogP contribution is -2.18. The molecule has 24 heavy (non-hydrogen) atoms. The fourth-order valence-electron chi connectivity index (χ4n) is 3.41. The highest BCUT2D eigenvalue weighted by Gasteiger charge is 2.42. The maximum Gasteiger partial charge on any atom is 0.132 e. The van der Waals surface area contributed by atoms with Gasteiger partial charge in [0.05, 0.1) is 5.71 Å². The smallest absolute Gasteiger partial charge is 0.132 e. The summed E-state index contributed by atoms with van der Waals surface area (Å²) in [5, 5.41) is 0.495. The average molecular weight is 338 g/mol. The van der Waals surface area contributed by atoms with Crippen molar-refractivity contribution in [1.29, 1.82) is 0 Å². The second-order valence-electron chi connectivity index (χ2n) is 6.51. The van der Waals surface area contributed by atoms with E-state index in [9.17, 15) is 0 Å². The molecule has 0 aromatic heterocycles. The van der Waals surface area contributed by atoms with Crippen LogP contribution in [0.4, 0.5) is 0 Å². The fourth-order valence-corrected chi connectivity index (χ4v) is 5.22. The zero-order valence-electron chi connectivity index (χ0n) is 14.7. The molecular formula is C22H27NS. The first-order valence-corrected chi connectivity index (χ1v) is 10.1. The molecule has 1 aliphatic heterocycles. The monoisotopic (exact) mass is 337 g/mol. The normalized spacial score (nSPS) is 23.2. The predicted octanol–water partition coefficient (Wildman–Crippen LogP) is 6.43. The highest BCUT2D eigenvalue weighted by molar-refractivity contribution is 8.02. The van der Waals surface area contributed by atoms with Crippen molar-refractivity contribution in [2.24, 2.45) is 4.99 Å². The molecule has 1 unspecified atom stereocenters. The Balaban J connectivity index is 2.04. The Bertz CT molecular complexity index is 665. The summed E-state index contributed by atoms with van der Waals surface area (Å²) >= 11 is 2.07. The van der Waals surface area contributed by atoms with E-state index in [1.54, 1.807) is 0 Å². The van der Waals surface area contributed by atoms with Crippen LogP contribution in [0.5, 0.6) is 0 Å². The molecule has 2 heteroatoms. The number of benzene rings is 2. The first-order valence-electron chi connectivity index (χ1n) is 9.17. The molecule has 2 aromatic rings. The Morgan fingerprint density at radius 1 is 0.917 bits per heavy atom. The third-order valence-corrected chi connectivity index (χ3v) is 6.32. The second kappa shape index (κ2) is 8.02. The van der Waals surface area contributed by atoms with E-state index in [2.05, 4.69) is 86.3 Å². The van der Waals surface area contributed by atoms with Gasteiger partial charge >= 0.3 is 0 Å². The van der Waals surface area contributed by atoms with Gasteiger partial charge in [-0.25, -0.2) is 0 Å². The van der Waals surface area contributed by atoms with Gasteiger partial charge < -0.3 is 0 Å². The summed E-state index contributed by atoms with van der Waals surface area (Å²) < 4.78 is 0. The van der Waals surface area contributed by atoms with Gasteiger partial charge in [0.1, 0.15) is 4.87 Å². The Morgan fingerprint density at radius 3 is 2.21 bits per heavy atom. The Labute approximate surface area is 150 Å². The van der Waals surface area contributed by atoms with Crippen LogP contribution in [0.3, 0.4) is 0 Å². The van der Waals surface area contributed by atoms with E-state index in [-0.39, 0.29) is 4.87 Å². The molecule has 0 N–H and O–H groups in total. The minimum absolute atomic E-state index is 0.109. The predicted molar refractivity (Wildman–Crippen MR) is 107 cm³/mol. The molecule has 0 aliphatic carbocycles. The topological polar surface area (TPSA) is 12.4 Å². The van der Waals surface area contributed by atoms with Gasteiger partial charge in [-0.05, 0) is 24.0 Å². The van der Waals surface area contributed by atoms with Gasteiger partial charge in [-0.1, -0.05) is 93.8 Å². The Morgan fingerprint density at radius 2 is 1.58 bits per heavy atom. The molecule has 1 nitrogen and oxygen atoms in total.